The van der Waals surface area contributed by atoms with Crippen LogP contribution in [0.1, 0.15) is 19.4 Å². The normalized spacial score (nSPS) is 18.7. The third-order valence-corrected chi connectivity index (χ3v) is 2.70. The predicted octanol–water partition coefficient (Wildman–Crippen LogP) is 2.37. The van der Waals surface area contributed by atoms with E-state index in [1.54, 1.807) is 0 Å². The molecule has 1 heterocycles. The second-order valence-electron chi connectivity index (χ2n) is 4.01. The standard InChI is InChI=1S/C12H16O2/c1-3-14-11-6-4-10(5-7-11)12(2)8-13-9-12/h4-7H,3,8-9H2,1-2H3. The van der Waals surface area contributed by atoms with E-state index in [0.29, 0.717) is 0 Å². The first-order valence-electron chi connectivity index (χ1n) is 5.06. The van der Waals surface area contributed by atoms with Crippen molar-refractivity contribution >= 4 is 0 Å². The summed E-state index contributed by atoms with van der Waals surface area (Å²) in [5, 5.41) is 0. The Labute approximate surface area is 84.8 Å². The largest absolute Gasteiger partial charge is 0.494 e. The van der Waals surface area contributed by atoms with Crippen LogP contribution in [0.15, 0.2) is 24.3 Å². The number of hydrogen-bond acceptors (Lipinski definition) is 2. The lowest BCUT2D eigenvalue weighted by Gasteiger charge is -2.38. The number of ether oxygens (including phenoxy) is 2. The zero-order chi connectivity index (χ0) is 10.0. The molecule has 1 aromatic rings. The average Bonchev–Trinajstić information content (AvgIpc) is 2.16. The molecule has 2 heteroatoms. The summed E-state index contributed by atoms with van der Waals surface area (Å²) in [7, 11) is 0. The Balaban J connectivity index is 2.13. The van der Waals surface area contributed by atoms with Crippen LogP contribution < -0.4 is 4.74 Å². The maximum absolute atomic E-state index is 5.39. The van der Waals surface area contributed by atoms with Crippen LogP contribution >= 0.6 is 0 Å². The molecule has 2 nitrogen and oxygen atoms in total. The van der Waals surface area contributed by atoms with Crippen molar-refractivity contribution < 1.29 is 9.47 Å². The molecule has 2 rings (SSSR count). The van der Waals surface area contributed by atoms with Gasteiger partial charge in [0.1, 0.15) is 5.75 Å². The van der Waals surface area contributed by atoms with Crippen LogP contribution in [-0.4, -0.2) is 19.8 Å². The first kappa shape index (κ1) is 9.53. The van der Waals surface area contributed by atoms with Gasteiger partial charge in [0.2, 0.25) is 0 Å². The minimum atomic E-state index is 0.227. The van der Waals surface area contributed by atoms with Crippen LogP contribution in [0, 0.1) is 0 Å². The minimum Gasteiger partial charge on any atom is -0.494 e. The van der Waals surface area contributed by atoms with E-state index in [1.165, 1.54) is 5.56 Å². The van der Waals surface area contributed by atoms with E-state index in [9.17, 15) is 0 Å². The minimum absolute atomic E-state index is 0.227. The van der Waals surface area contributed by atoms with Crippen molar-refractivity contribution in [2.24, 2.45) is 0 Å². The lowest BCUT2D eigenvalue weighted by atomic mass is 9.81. The molecular formula is C12H16O2. The molecule has 0 aliphatic carbocycles. The van der Waals surface area contributed by atoms with E-state index in [-0.39, 0.29) is 5.41 Å². The summed E-state index contributed by atoms with van der Waals surface area (Å²) in [6, 6.07) is 8.33. The molecule has 0 radical (unpaired) electrons. The van der Waals surface area contributed by atoms with Gasteiger partial charge in [-0.1, -0.05) is 19.1 Å². The second kappa shape index (κ2) is 3.62. The summed E-state index contributed by atoms with van der Waals surface area (Å²) in [5.74, 6) is 0.945. The highest BCUT2D eigenvalue weighted by Gasteiger charge is 2.34. The van der Waals surface area contributed by atoms with Crippen molar-refractivity contribution in [1.82, 2.24) is 0 Å². The van der Waals surface area contributed by atoms with Crippen LogP contribution in [0.4, 0.5) is 0 Å². The maximum atomic E-state index is 5.39. The molecule has 1 aliphatic heterocycles. The molecule has 0 atom stereocenters. The maximum Gasteiger partial charge on any atom is 0.119 e. The third-order valence-electron chi connectivity index (χ3n) is 2.70. The molecule has 1 saturated heterocycles. The quantitative estimate of drug-likeness (QED) is 0.732. The summed E-state index contributed by atoms with van der Waals surface area (Å²) < 4.78 is 10.6. The SMILES string of the molecule is CCOc1ccc(C2(C)COC2)cc1. The van der Waals surface area contributed by atoms with E-state index in [2.05, 4.69) is 19.1 Å². The van der Waals surface area contributed by atoms with Gasteiger partial charge in [0.15, 0.2) is 0 Å². The van der Waals surface area contributed by atoms with Crippen molar-refractivity contribution in [1.29, 1.82) is 0 Å². The molecule has 0 bridgehead atoms. The molecule has 0 spiro atoms. The molecule has 0 aromatic heterocycles. The van der Waals surface area contributed by atoms with Crippen molar-refractivity contribution in [2.75, 3.05) is 19.8 Å². The van der Waals surface area contributed by atoms with E-state index in [4.69, 9.17) is 9.47 Å². The number of benzene rings is 1. The summed E-state index contributed by atoms with van der Waals surface area (Å²) in [6.45, 7) is 6.61. The first-order chi connectivity index (χ1) is 6.74. The predicted molar refractivity (Wildman–Crippen MR) is 55.8 cm³/mol. The fourth-order valence-corrected chi connectivity index (χ4v) is 1.70. The van der Waals surface area contributed by atoms with Gasteiger partial charge in [-0.2, -0.15) is 0 Å². The summed E-state index contributed by atoms with van der Waals surface area (Å²) in [6.07, 6.45) is 0. The molecule has 76 valence electrons. The van der Waals surface area contributed by atoms with Crippen molar-refractivity contribution in [3.8, 4) is 5.75 Å². The molecule has 1 fully saturated rings. The lowest BCUT2D eigenvalue weighted by molar-refractivity contribution is -0.0500. The van der Waals surface area contributed by atoms with Gasteiger partial charge in [0.25, 0.3) is 0 Å². The van der Waals surface area contributed by atoms with Gasteiger partial charge in [0, 0.05) is 5.41 Å². The number of rotatable bonds is 3. The highest BCUT2D eigenvalue weighted by atomic mass is 16.5. The Kier molecular flexibility index (Phi) is 2.46. The van der Waals surface area contributed by atoms with Crippen molar-refractivity contribution in [3.63, 3.8) is 0 Å². The smallest absolute Gasteiger partial charge is 0.119 e. The fraction of sp³-hybridized carbons (Fsp3) is 0.500. The van der Waals surface area contributed by atoms with Crippen LogP contribution in [-0.2, 0) is 10.2 Å². The van der Waals surface area contributed by atoms with E-state index < -0.39 is 0 Å². The van der Waals surface area contributed by atoms with E-state index >= 15 is 0 Å². The average molecular weight is 192 g/mol. The Bertz CT molecular complexity index is 299. The zero-order valence-electron chi connectivity index (χ0n) is 8.75. The monoisotopic (exact) mass is 192 g/mol. The van der Waals surface area contributed by atoms with Gasteiger partial charge in [-0.15, -0.1) is 0 Å². The number of hydrogen-bond donors (Lipinski definition) is 0. The van der Waals surface area contributed by atoms with Crippen molar-refractivity contribution in [2.45, 2.75) is 19.3 Å². The van der Waals surface area contributed by atoms with E-state index in [0.717, 1.165) is 25.6 Å². The molecule has 0 N–H and O–H groups in total. The molecule has 0 unspecified atom stereocenters. The second-order valence-corrected chi connectivity index (χ2v) is 4.01. The highest BCUT2D eigenvalue weighted by molar-refractivity contribution is 5.33. The van der Waals surface area contributed by atoms with Crippen LogP contribution in [0.3, 0.4) is 0 Å². The van der Waals surface area contributed by atoms with Gasteiger partial charge >= 0.3 is 0 Å². The molecule has 0 saturated carbocycles. The fourth-order valence-electron chi connectivity index (χ4n) is 1.70. The first-order valence-corrected chi connectivity index (χ1v) is 5.06. The van der Waals surface area contributed by atoms with Crippen LogP contribution in [0.5, 0.6) is 5.75 Å². The van der Waals surface area contributed by atoms with Gasteiger partial charge in [-0.25, -0.2) is 0 Å². The van der Waals surface area contributed by atoms with Gasteiger partial charge in [0.05, 0.1) is 19.8 Å². The Morgan fingerprint density at radius 1 is 1.29 bits per heavy atom. The van der Waals surface area contributed by atoms with Crippen LogP contribution in [0.2, 0.25) is 0 Å². The van der Waals surface area contributed by atoms with Gasteiger partial charge < -0.3 is 9.47 Å². The molecule has 1 aliphatic rings. The van der Waals surface area contributed by atoms with Crippen molar-refractivity contribution in [3.05, 3.63) is 29.8 Å². The lowest BCUT2D eigenvalue weighted by Crippen LogP contribution is -2.43. The summed E-state index contributed by atoms with van der Waals surface area (Å²) >= 11 is 0. The molecular weight excluding hydrogens is 176 g/mol. The third kappa shape index (κ3) is 1.62. The van der Waals surface area contributed by atoms with E-state index in [1.807, 2.05) is 19.1 Å². The van der Waals surface area contributed by atoms with Gasteiger partial charge in [-0.3, -0.25) is 0 Å². The summed E-state index contributed by atoms with van der Waals surface area (Å²) in [4.78, 5) is 0. The Morgan fingerprint density at radius 3 is 2.36 bits per heavy atom. The topological polar surface area (TPSA) is 18.5 Å². The summed E-state index contributed by atoms with van der Waals surface area (Å²) in [5.41, 5.74) is 1.57. The molecule has 0 amide bonds. The Morgan fingerprint density at radius 2 is 1.93 bits per heavy atom. The highest BCUT2D eigenvalue weighted by Crippen LogP contribution is 2.32. The van der Waals surface area contributed by atoms with Gasteiger partial charge in [-0.05, 0) is 24.6 Å². The molecule has 1 aromatic carbocycles. The molecule has 14 heavy (non-hydrogen) atoms. The van der Waals surface area contributed by atoms with Crippen LogP contribution in [0.25, 0.3) is 0 Å². The Hall–Kier alpha value is -1.02. The zero-order valence-corrected chi connectivity index (χ0v) is 8.75.